The number of nitrogens with one attached hydrogen (secondary N) is 4. The number of rotatable bonds is 4. The van der Waals surface area contributed by atoms with Crippen LogP contribution in [0.4, 0.5) is 16.2 Å². The lowest BCUT2D eigenvalue weighted by atomic mass is 9.92. The third kappa shape index (κ3) is 5.94. The lowest BCUT2D eigenvalue weighted by Gasteiger charge is -2.29. The molecule has 2 fully saturated rings. The molecule has 0 aliphatic carbocycles. The molecule has 2 atom stereocenters. The molecule has 2 aliphatic rings. The smallest absolute Gasteiger partial charge is 0.319 e. The van der Waals surface area contributed by atoms with E-state index in [9.17, 15) is 9.59 Å². The lowest BCUT2D eigenvalue weighted by Crippen LogP contribution is -2.44. The summed E-state index contributed by atoms with van der Waals surface area (Å²) in [5.41, 5.74) is 1.47. The van der Waals surface area contributed by atoms with Crippen molar-refractivity contribution in [1.29, 1.82) is 0 Å². The average Bonchev–Trinajstić information content (AvgIpc) is 2.65. The molecule has 1 aromatic rings. The fourth-order valence-corrected chi connectivity index (χ4v) is 3.76. The van der Waals surface area contributed by atoms with Crippen molar-refractivity contribution in [1.82, 2.24) is 15.5 Å². The molecule has 2 aliphatic heterocycles. The van der Waals surface area contributed by atoms with Crippen LogP contribution in [0.2, 0.25) is 0 Å². The fourth-order valence-electron chi connectivity index (χ4n) is 3.76. The highest BCUT2D eigenvalue weighted by Gasteiger charge is 2.24. The van der Waals surface area contributed by atoms with Crippen molar-refractivity contribution in [3.05, 3.63) is 24.3 Å². The second kappa shape index (κ2) is 9.19. The SMILES string of the molecule is C[C@H]1C[C@@H](C(=O)Nc2ccc(NC(=O)NC3CCN(C)CC3)cc2)CCN1. The van der Waals surface area contributed by atoms with E-state index in [0.717, 1.165) is 51.0 Å². The van der Waals surface area contributed by atoms with E-state index in [1.54, 1.807) is 0 Å². The van der Waals surface area contributed by atoms with E-state index < -0.39 is 0 Å². The van der Waals surface area contributed by atoms with Gasteiger partial charge in [-0.25, -0.2) is 4.79 Å². The first kappa shape index (κ1) is 19.6. The predicted octanol–water partition coefficient (Wildman–Crippen LogP) is 2.23. The molecule has 1 aromatic carbocycles. The van der Waals surface area contributed by atoms with Gasteiger partial charge in [0.2, 0.25) is 5.91 Å². The molecule has 148 valence electrons. The maximum absolute atomic E-state index is 12.4. The third-order valence-corrected chi connectivity index (χ3v) is 5.46. The average molecular weight is 374 g/mol. The Hall–Kier alpha value is -2.12. The Balaban J connectivity index is 1.45. The van der Waals surface area contributed by atoms with Crippen LogP contribution in [0.25, 0.3) is 0 Å². The van der Waals surface area contributed by atoms with Crippen LogP contribution in [0.5, 0.6) is 0 Å². The number of amides is 3. The summed E-state index contributed by atoms with van der Waals surface area (Å²) in [5.74, 6) is 0.128. The maximum atomic E-state index is 12.4. The summed E-state index contributed by atoms with van der Waals surface area (Å²) in [6.45, 7) is 5.01. The Morgan fingerprint density at radius 3 is 2.30 bits per heavy atom. The van der Waals surface area contributed by atoms with Gasteiger partial charge in [-0.2, -0.15) is 0 Å². The van der Waals surface area contributed by atoms with Gasteiger partial charge in [0.15, 0.2) is 0 Å². The minimum atomic E-state index is -0.176. The summed E-state index contributed by atoms with van der Waals surface area (Å²) in [5, 5.41) is 12.2. The lowest BCUT2D eigenvalue weighted by molar-refractivity contribution is -0.120. The number of anilines is 2. The molecule has 2 saturated heterocycles. The van der Waals surface area contributed by atoms with Crippen LogP contribution in [-0.2, 0) is 4.79 Å². The van der Waals surface area contributed by atoms with Crippen LogP contribution < -0.4 is 21.3 Å². The second-order valence-electron chi connectivity index (χ2n) is 7.82. The minimum Gasteiger partial charge on any atom is -0.335 e. The molecular formula is C20H31N5O2. The summed E-state index contributed by atoms with van der Waals surface area (Å²) >= 11 is 0. The van der Waals surface area contributed by atoms with Crippen molar-refractivity contribution in [3.63, 3.8) is 0 Å². The molecule has 2 heterocycles. The number of benzene rings is 1. The Morgan fingerprint density at radius 2 is 1.67 bits per heavy atom. The first-order valence-corrected chi connectivity index (χ1v) is 9.90. The van der Waals surface area contributed by atoms with E-state index >= 15 is 0 Å². The van der Waals surface area contributed by atoms with E-state index in [-0.39, 0.29) is 23.9 Å². The van der Waals surface area contributed by atoms with E-state index in [1.165, 1.54) is 0 Å². The molecule has 3 rings (SSSR count). The number of urea groups is 1. The molecule has 0 spiro atoms. The number of carbonyl (C=O) groups excluding carboxylic acids is 2. The quantitative estimate of drug-likeness (QED) is 0.652. The largest absolute Gasteiger partial charge is 0.335 e. The van der Waals surface area contributed by atoms with Gasteiger partial charge in [0.1, 0.15) is 0 Å². The van der Waals surface area contributed by atoms with Crippen LogP contribution in [-0.4, -0.2) is 55.6 Å². The summed E-state index contributed by atoms with van der Waals surface area (Å²) in [6.07, 6.45) is 3.68. The minimum absolute atomic E-state index is 0.0550. The highest BCUT2D eigenvalue weighted by molar-refractivity contribution is 5.93. The predicted molar refractivity (Wildman–Crippen MR) is 108 cm³/mol. The number of nitrogens with zero attached hydrogens (tertiary/aromatic N) is 1. The van der Waals surface area contributed by atoms with Crippen molar-refractivity contribution < 1.29 is 9.59 Å². The van der Waals surface area contributed by atoms with Gasteiger partial charge in [-0.3, -0.25) is 4.79 Å². The molecule has 0 radical (unpaired) electrons. The molecule has 7 nitrogen and oxygen atoms in total. The third-order valence-electron chi connectivity index (χ3n) is 5.46. The molecule has 7 heteroatoms. The zero-order chi connectivity index (χ0) is 19.2. The summed E-state index contributed by atoms with van der Waals surface area (Å²) in [7, 11) is 2.10. The normalized spacial score (nSPS) is 24.2. The van der Waals surface area contributed by atoms with Crippen molar-refractivity contribution in [3.8, 4) is 0 Å². The zero-order valence-corrected chi connectivity index (χ0v) is 16.3. The van der Waals surface area contributed by atoms with Crippen molar-refractivity contribution in [2.75, 3.05) is 37.3 Å². The number of carbonyl (C=O) groups is 2. The molecular weight excluding hydrogens is 342 g/mol. The van der Waals surface area contributed by atoms with Gasteiger partial charge in [0, 0.05) is 29.4 Å². The van der Waals surface area contributed by atoms with E-state index in [1.807, 2.05) is 24.3 Å². The molecule has 0 aromatic heterocycles. The van der Waals surface area contributed by atoms with Gasteiger partial charge in [-0.05, 0) is 83.6 Å². The molecule has 27 heavy (non-hydrogen) atoms. The standard InChI is InChI=1S/C20H31N5O2/c1-14-13-15(7-10-21-14)19(26)22-16-3-5-17(6-4-16)23-20(27)24-18-8-11-25(2)12-9-18/h3-6,14-15,18,21H,7-13H2,1-2H3,(H,22,26)(H2,23,24,27)/t14-,15-/m0/s1. The van der Waals surface area contributed by atoms with Gasteiger partial charge in [0.05, 0.1) is 0 Å². The molecule has 3 amide bonds. The van der Waals surface area contributed by atoms with E-state index in [0.29, 0.717) is 11.7 Å². The molecule has 0 bridgehead atoms. The van der Waals surface area contributed by atoms with Crippen molar-refractivity contribution >= 4 is 23.3 Å². The summed E-state index contributed by atoms with van der Waals surface area (Å²) < 4.78 is 0. The van der Waals surface area contributed by atoms with Crippen LogP contribution in [0.1, 0.15) is 32.6 Å². The van der Waals surface area contributed by atoms with E-state index in [2.05, 4.69) is 40.1 Å². The van der Waals surface area contributed by atoms with Crippen molar-refractivity contribution in [2.45, 2.75) is 44.7 Å². The summed E-state index contributed by atoms with van der Waals surface area (Å²) in [6, 6.07) is 7.71. The van der Waals surface area contributed by atoms with Gasteiger partial charge in [-0.15, -0.1) is 0 Å². The number of piperidine rings is 2. The fraction of sp³-hybridized carbons (Fsp3) is 0.600. The maximum Gasteiger partial charge on any atom is 0.319 e. The highest BCUT2D eigenvalue weighted by atomic mass is 16.2. The second-order valence-corrected chi connectivity index (χ2v) is 7.82. The first-order chi connectivity index (χ1) is 13.0. The monoisotopic (exact) mass is 373 g/mol. The summed E-state index contributed by atoms with van der Waals surface area (Å²) in [4.78, 5) is 26.8. The molecule has 4 N–H and O–H groups in total. The number of hydrogen-bond donors (Lipinski definition) is 4. The zero-order valence-electron chi connectivity index (χ0n) is 16.3. The van der Waals surface area contributed by atoms with Gasteiger partial charge >= 0.3 is 6.03 Å². The Kier molecular flexibility index (Phi) is 6.68. The number of hydrogen-bond acceptors (Lipinski definition) is 4. The highest BCUT2D eigenvalue weighted by Crippen LogP contribution is 2.20. The molecule has 0 unspecified atom stereocenters. The van der Waals surface area contributed by atoms with Crippen LogP contribution in [0.15, 0.2) is 24.3 Å². The van der Waals surface area contributed by atoms with Gasteiger partial charge in [-0.1, -0.05) is 0 Å². The topological polar surface area (TPSA) is 85.5 Å². The van der Waals surface area contributed by atoms with Gasteiger partial charge < -0.3 is 26.2 Å². The van der Waals surface area contributed by atoms with Crippen LogP contribution >= 0.6 is 0 Å². The van der Waals surface area contributed by atoms with Crippen molar-refractivity contribution in [2.24, 2.45) is 5.92 Å². The van der Waals surface area contributed by atoms with E-state index in [4.69, 9.17) is 0 Å². The number of likely N-dealkylation sites (tertiary alicyclic amines) is 1. The Bertz CT molecular complexity index is 640. The Labute approximate surface area is 161 Å². The van der Waals surface area contributed by atoms with Gasteiger partial charge in [0.25, 0.3) is 0 Å². The van der Waals surface area contributed by atoms with Crippen LogP contribution in [0, 0.1) is 5.92 Å². The van der Waals surface area contributed by atoms with Crippen LogP contribution in [0.3, 0.4) is 0 Å². The Morgan fingerprint density at radius 1 is 1.04 bits per heavy atom. The molecule has 0 saturated carbocycles. The first-order valence-electron chi connectivity index (χ1n) is 9.90.